The van der Waals surface area contributed by atoms with Gasteiger partial charge >= 0.3 is 0 Å². The van der Waals surface area contributed by atoms with Crippen LogP contribution in [0.2, 0.25) is 0 Å². The van der Waals surface area contributed by atoms with E-state index in [1.54, 1.807) is 0 Å². The monoisotopic (exact) mass is 1750 g/mol. The van der Waals surface area contributed by atoms with Crippen molar-refractivity contribution in [3.63, 3.8) is 0 Å². The van der Waals surface area contributed by atoms with Crippen molar-refractivity contribution in [1.29, 1.82) is 0 Å². The highest BCUT2D eigenvalue weighted by atomic mass is 16.3. The molecule has 21 rings (SSSR count). The van der Waals surface area contributed by atoms with Crippen molar-refractivity contribution in [3.05, 3.63) is 370 Å². The van der Waals surface area contributed by atoms with Crippen LogP contribution in [0, 0.1) is 39.4 Å². The van der Waals surface area contributed by atoms with Crippen LogP contribution in [0.3, 0.4) is 0 Å². The minimum Gasteiger partial charge on any atom is -0.871 e. The highest BCUT2D eigenvalue weighted by Crippen LogP contribution is 2.55. The molecule has 0 saturated heterocycles. The van der Waals surface area contributed by atoms with Crippen LogP contribution in [0.4, 0.5) is 0 Å². The molecule has 0 N–H and O–H groups in total. The van der Waals surface area contributed by atoms with Gasteiger partial charge in [-0.15, -0.1) is 0 Å². The Kier molecular flexibility index (Phi) is 23.3. The lowest BCUT2D eigenvalue weighted by Gasteiger charge is -2.32. The van der Waals surface area contributed by atoms with Gasteiger partial charge in [0.1, 0.15) is 0 Å². The van der Waals surface area contributed by atoms with Gasteiger partial charge < -0.3 is 29.0 Å². The van der Waals surface area contributed by atoms with E-state index in [0.717, 1.165) is 176 Å². The molecular weight excluding hydrogens is 1620 g/mol. The lowest BCUT2D eigenvalue weighted by molar-refractivity contribution is -0.472. The average molecular weight is 1750 g/mol. The van der Waals surface area contributed by atoms with E-state index in [0.29, 0.717) is 57.1 Å². The van der Waals surface area contributed by atoms with Crippen molar-refractivity contribution in [2.45, 2.75) is 250 Å². The van der Waals surface area contributed by atoms with Crippen molar-refractivity contribution >= 4 is 51.2 Å². The lowest BCUT2D eigenvalue weighted by atomic mass is 9.78. The first-order valence-electron chi connectivity index (χ1n) is 49.1. The second-order valence-corrected chi connectivity index (χ2v) is 44.7. The number of carbonyl (C=O) groups is 3. The molecule has 0 bridgehead atoms. The summed E-state index contributed by atoms with van der Waals surface area (Å²) < 4.78 is 13.9. The number of nitrogens with zero attached hydrogens (tertiary/aromatic N) is 6. The summed E-state index contributed by atoms with van der Waals surface area (Å²) in [4.78, 5) is 42.5. The normalized spacial score (nSPS) is 23.3. The molecule has 6 heterocycles. The minimum atomic E-state index is -0.0970. The summed E-state index contributed by atoms with van der Waals surface area (Å²) in [5.74, 6) is 1.32. The topological polar surface area (TPSA) is 144 Å². The first kappa shape index (κ1) is 89.5. The molecule has 678 valence electrons. The molecule has 0 radical (unpaired) electrons. The number of hydrogen-bond donors (Lipinski definition) is 0. The fourth-order valence-electron chi connectivity index (χ4n) is 24.6. The third-order valence-electron chi connectivity index (χ3n) is 31.9. The third-order valence-corrected chi connectivity index (χ3v) is 31.9. The Morgan fingerprint density at radius 3 is 1.26 bits per heavy atom. The van der Waals surface area contributed by atoms with Gasteiger partial charge in [-0.05, 0) is 199 Å². The van der Waals surface area contributed by atoms with Gasteiger partial charge in [-0.1, -0.05) is 296 Å². The molecular formula is C120H132N6O6. The summed E-state index contributed by atoms with van der Waals surface area (Å²) in [7, 11) is 0. The molecule has 3 aliphatic heterocycles. The predicted octanol–water partition coefficient (Wildman–Crippen LogP) is 20.9. The molecule has 4 unspecified atom stereocenters. The Bertz CT molecular complexity index is 6600. The molecule has 0 amide bonds. The number of ketones is 3. The first-order chi connectivity index (χ1) is 63.0. The molecule has 3 saturated carbocycles. The number of allylic oxidation sites excluding steroid dienone is 12. The average Bonchev–Trinajstić information content (AvgIpc) is 1.54. The zero-order valence-electron chi connectivity index (χ0n) is 80.8. The number of aromatic nitrogens is 3. The van der Waals surface area contributed by atoms with Crippen molar-refractivity contribution in [2.24, 2.45) is 39.4 Å². The summed E-state index contributed by atoms with van der Waals surface area (Å²) in [6.07, 6.45) is 22.0. The number of benzene rings is 6. The minimum absolute atomic E-state index is 0.0130. The number of hydrogen-bond acceptors (Lipinski definition) is 6. The molecule has 3 aromatic heterocycles. The van der Waals surface area contributed by atoms with Crippen LogP contribution in [0.25, 0.3) is 16.7 Å². The van der Waals surface area contributed by atoms with Crippen LogP contribution in [0.15, 0.2) is 286 Å². The number of Topliss-reactive ketones (excluding diaryl/α,β-unsaturated/α-hetero) is 3. The van der Waals surface area contributed by atoms with E-state index in [2.05, 4.69) is 320 Å². The summed E-state index contributed by atoms with van der Waals surface area (Å²) in [5, 5.41) is 42.5. The van der Waals surface area contributed by atoms with Crippen molar-refractivity contribution in [1.82, 2.24) is 13.7 Å². The summed E-state index contributed by atoms with van der Waals surface area (Å²) in [6.45, 7) is 41.4. The molecule has 9 aliphatic carbocycles. The smallest absolute Gasteiger partial charge is 0.216 e. The predicted molar refractivity (Wildman–Crippen MR) is 526 cm³/mol. The van der Waals surface area contributed by atoms with Gasteiger partial charge in [0.2, 0.25) is 34.4 Å². The third kappa shape index (κ3) is 16.3. The Balaban J connectivity index is 0.000000128. The molecule has 12 aliphatic rings. The van der Waals surface area contributed by atoms with Gasteiger partial charge in [0.25, 0.3) is 0 Å². The highest BCUT2D eigenvalue weighted by Gasteiger charge is 2.54. The molecule has 0 spiro atoms. The van der Waals surface area contributed by atoms with E-state index >= 15 is 0 Å². The summed E-state index contributed by atoms with van der Waals surface area (Å²) >= 11 is 0. The van der Waals surface area contributed by atoms with Crippen molar-refractivity contribution < 1.29 is 43.4 Å². The SMILES string of the molecule is CC(C)(C)C1CC2=C/C(=C3/C(=O)C(c4cc5c(n4CCc4ccccc4)CC(C(C)(C)C)C5)=C3[O-])[N+](CCc3ccccc3)=C2C1.CC1(C)CCC2=C/C(=C3/C(=O)C(c4cc5c(n4CCc4ccccc4)C(C)(C)CC5)=C3[O-])[N+](CCc3ccccc3)=C21.CC1CC(C)(C)C2=C/C(=C3/C(=O)C(c4cc5c(n4CCc4ccccc4)C(C)CC5(C)C)=C3[O-])[N+](CCc3ccccc3)=C21. The standard InChI is InChI=1S/C42H48N2O2.C40H44N2O2.C38H40N2O2/c1-41(2,3)31-21-29-23-35(43(33(29)25-31)19-17-27-13-9-7-10-14-27)37-39(45)38(40(37)46)36-24-30-22-32(42(4,5)6)26-34(30)44(36)20-18-28-15-11-8-12-16-28;1-25-23-39(3,4)29-21-31(41(35(25)29)19-17-27-13-9-7-10-14-27)33-37(43)34(38(33)44)32-22-30-36(26(2)24-40(30,5)6)42(32)20-18-28-15-11-8-12-16-28;1-37(2)19-15-27-23-29(39(35(27)37)21-17-25-11-7-5-8-12-25)31-33(41)32(34(31)42)30-24-28-16-20-38(3,4)36(28)40(30)22-18-26-13-9-6-10-14-26/h7-16,23-24,31-32H,17-22,25-26H2,1-6H3;7-16,21-22,25-26H,17-20,23-24H2,1-6H3;5-14,23-24H,15-22H2,1-4H3. The molecule has 12 heteroatoms. The Morgan fingerprint density at radius 2 is 0.773 bits per heavy atom. The Hall–Kier alpha value is -11.8. The van der Waals surface area contributed by atoms with Crippen LogP contribution in [0.5, 0.6) is 0 Å². The van der Waals surface area contributed by atoms with Crippen LogP contribution >= 0.6 is 0 Å². The highest BCUT2D eigenvalue weighted by molar-refractivity contribution is 6.40. The molecule has 12 nitrogen and oxygen atoms in total. The van der Waals surface area contributed by atoms with Crippen LogP contribution < -0.4 is 15.3 Å². The molecule has 4 atom stereocenters. The second kappa shape index (κ2) is 34.4. The fraction of sp³-hybridized carbons (Fsp3) is 0.400. The van der Waals surface area contributed by atoms with Gasteiger partial charge in [0.15, 0.2) is 36.8 Å². The maximum Gasteiger partial charge on any atom is 0.216 e. The van der Waals surface area contributed by atoms with E-state index in [1.807, 2.05) is 36.4 Å². The fourth-order valence-corrected chi connectivity index (χ4v) is 24.6. The number of carbonyl (C=O) groups excluding carboxylic acids is 3. The molecule has 3 fully saturated rings. The number of fused-ring (bicyclic) bond motifs is 6. The van der Waals surface area contributed by atoms with E-state index in [9.17, 15) is 29.7 Å². The van der Waals surface area contributed by atoms with E-state index in [-0.39, 0.29) is 67.1 Å². The molecule has 9 aromatic rings. The molecule has 132 heavy (non-hydrogen) atoms. The van der Waals surface area contributed by atoms with Gasteiger partial charge in [0.05, 0.1) is 39.2 Å². The zero-order valence-corrected chi connectivity index (χ0v) is 80.8. The van der Waals surface area contributed by atoms with Gasteiger partial charge in [-0.25, -0.2) is 0 Å². The largest absolute Gasteiger partial charge is 0.871 e. The van der Waals surface area contributed by atoms with Crippen LogP contribution in [-0.2, 0) is 103 Å². The Morgan fingerprint density at radius 1 is 0.379 bits per heavy atom. The van der Waals surface area contributed by atoms with Crippen LogP contribution in [-0.4, -0.2) is 81.5 Å². The number of aryl methyl sites for hydroxylation is 4. The second-order valence-electron chi connectivity index (χ2n) is 44.7. The van der Waals surface area contributed by atoms with E-state index in [1.165, 1.54) is 101 Å². The van der Waals surface area contributed by atoms with Crippen molar-refractivity contribution in [3.8, 4) is 0 Å². The number of rotatable bonds is 21. The zero-order chi connectivity index (χ0) is 92.6. The van der Waals surface area contributed by atoms with E-state index in [4.69, 9.17) is 0 Å². The lowest BCUT2D eigenvalue weighted by Crippen LogP contribution is -2.35. The Labute approximate surface area is 782 Å². The van der Waals surface area contributed by atoms with E-state index < -0.39 is 0 Å². The summed E-state index contributed by atoms with van der Waals surface area (Å²) in [5.41, 5.74) is 30.8. The molecule has 6 aromatic carbocycles. The maximum atomic E-state index is 14.2. The summed E-state index contributed by atoms with van der Waals surface area (Å²) in [6, 6.07) is 69.5. The maximum absolute atomic E-state index is 14.2. The quantitative estimate of drug-likeness (QED) is 0.0517. The van der Waals surface area contributed by atoms with Gasteiger partial charge in [0, 0.05) is 125 Å². The first-order valence-corrected chi connectivity index (χ1v) is 49.1. The van der Waals surface area contributed by atoms with Gasteiger partial charge in [-0.3, -0.25) is 14.4 Å². The van der Waals surface area contributed by atoms with Crippen LogP contribution in [0.1, 0.15) is 246 Å². The van der Waals surface area contributed by atoms with Gasteiger partial charge in [-0.2, -0.15) is 13.7 Å². The van der Waals surface area contributed by atoms with Crippen molar-refractivity contribution in [2.75, 3.05) is 19.6 Å².